The lowest BCUT2D eigenvalue weighted by Gasteiger charge is -2.15. The summed E-state index contributed by atoms with van der Waals surface area (Å²) in [6.07, 6.45) is -3.11. The van der Waals surface area contributed by atoms with Crippen LogP contribution in [-0.4, -0.2) is 41.3 Å². The van der Waals surface area contributed by atoms with Gasteiger partial charge in [-0.15, -0.1) is 0 Å². The summed E-state index contributed by atoms with van der Waals surface area (Å²) < 4.78 is 49.2. The number of methoxy groups -OCH3 is 1. The van der Waals surface area contributed by atoms with Crippen LogP contribution in [0.4, 0.5) is 24.9 Å². The molecule has 0 unspecified atom stereocenters. The number of hydrogen-bond acceptors (Lipinski definition) is 7. The number of nitrogens with zero attached hydrogens (tertiary/aromatic N) is 2. The van der Waals surface area contributed by atoms with E-state index < -0.39 is 17.7 Å². The van der Waals surface area contributed by atoms with Gasteiger partial charge in [0, 0.05) is 20.2 Å². The second-order valence-corrected chi connectivity index (χ2v) is 6.37. The monoisotopic (exact) mass is 436 g/mol. The zero-order valence-electron chi connectivity index (χ0n) is 16.4. The SMILES string of the molecule is COCCNc1nc(NCc2cccc(C(F)(F)F)c2)c(C(=O)O)c(-c2ccco2)n1. The Balaban J connectivity index is 1.96. The number of carbonyl (C=O) groups is 1. The first-order valence-electron chi connectivity index (χ1n) is 9.11. The zero-order chi connectivity index (χ0) is 22.4. The summed E-state index contributed by atoms with van der Waals surface area (Å²) in [5.74, 6) is -1.07. The second kappa shape index (κ2) is 9.47. The van der Waals surface area contributed by atoms with Crippen molar-refractivity contribution in [1.29, 1.82) is 0 Å². The van der Waals surface area contributed by atoms with Crippen molar-refractivity contribution >= 4 is 17.7 Å². The van der Waals surface area contributed by atoms with E-state index in [0.29, 0.717) is 18.7 Å². The van der Waals surface area contributed by atoms with E-state index in [9.17, 15) is 23.1 Å². The van der Waals surface area contributed by atoms with E-state index in [4.69, 9.17) is 9.15 Å². The minimum atomic E-state index is -4.48. The molecule has 0 spiro atoms. The average molecular weight is 436 g/mol. The summed E-state index contributed by atoms with van der Waals surface area (Å²) in [7, 11) is 1.52. The van der Waals surface area contributed by atoms with Gasteiger partial charge in [0.1, 0.15) is 17.1 Å². The van der Waals surface area contributed by atoms with Crippen LogP contribution in [0.5, 0.6) is 0 Å². The summed E-state index contributed by atoms with van der Waals surface area (Å²) in [6.45, 7) is 0.622. The lowest BCUT2D eigenvalue weighted by molar-refractivity contribution is -0.137. The Bertz CT molecular complexity index is 1040. The number of aromatic carboxylic acids is 1. The molecule has 3 aromatic rings. The van der Waals surface area contributed by atoms with Gasteiger partial charge in [0.05, 0.1) is 18.4 Å². The maximum atomic E-state index is 13.0. The van der Waals surface area contributed by atoms with Crippen LogP contribution >= 0.6 is 0 Å². The fourth-order valence-corrected chi connectivity index (χ4v) is 2.77. The van der Waals surface area contributed by atoms with Gasteiger partial charge in [0.2, 0.25) is 5.95 Å². The Morgan fingerprint density at radius 3 is 2.65 bits per heavy atom. The molecule has 8 nitrogen and oxygen atoms in total. The smallest absolute Gasteiger partial charge is 0.416 e. The van der Waals surface area contributed by atoms with E-state index in [1.807, 2.05) is 0 Å². The Morgan fingerprint density at radius 2 is 2.00 bits per heavy atom. The topological polar surface area (TPSA) is 110 Å². The van der Waals surface area contributed by atoms with E-state index in [1.165, 1.54) is 25.5 Å². The third-order valence-corrected chi connectivity index (χ3v) is 4.18. The molecular formula is C20H19F3N4O4. The highest BCUT2D eigenvalue weighted by Crippen LogP contribution is 2.31. The predicted molar refractivity (Wildman–Crippen MR) is 106 cm³/mol. The van der Waals surface area contributed by atoms with E-state index in [2.05, 4.69) is 20.6 Å². The molecule has 0 aliphatic heterocycles. The van der Waals surface area contributed by atoms with Crippen LogP contribution in [0.15, 0.2) is 47.1 Å². The molecule has 0 fully saturated rings. The van der Waals surface area contributed by atoms with E-state index in [-0.39, 0.29) is 35.3 Å². The number of nitrogens with one attached hydrogen (secondary N) is 2. The molecule has 0 atom stereocenters. The molecule has 2 aromatic heterocycles. The molecule has 0 aliphatic rings. The Kier molecular flexibility index (Phi) is 6.75. The van der Waals surface area contributed by atoms with Gasteiger partial charge in [-0.1, -0.05) is 12.1 Å². The van der Waals surface area contributed by atoms with Crippen molar-refractivity contribution in [2.75, 3.05) is 30.9 Å². The number of furan rings is 1. The number of carboxylic acids is 1. The first-order chi connectivity index (χ1) is 14.8. The van der Waals surface area contributed by atoms with Crippen LogP contribution in [0.2, 0.25) is 0 Å². The number of hydrogen-bond donors (Lipinski definition) is 3. The van der Waals surface area contributed by atoms with Gasteiger partial charge < -0.3 is 24.9 Å². The highest BCUT2D eigenvalue weighted by Gasteiger charge is 2.30. The molecule has 2 heterocycles. The standard InChI is InChI=1S/C20H19F3N4O4/c1-30-9-7-24-19-26-16(14-6-3-8-31-14)15(18(28)29)17(27-19)25-11-12-4-2-5-13(10-12)20(21,22)23/h2-6,8,10H,7,9,11H2,1H3,(H,28,29)(H2,24,25,26,27). The summed E-state index contributed by atoms with van der Waals surface area (Å²) in [5, 5.41) is 15.5. The minimum absolute atomic E-state index is 0.0268. The Labute approximate surface area is 175 Å². The Morgan fingerprint density at radius 1 is 1.19 bits per heavy atom. The lowest BCUT2D eigenvalue weighted by Crippen LogP contribution is -2.16. The molecule has 0 radical (unpaired) electrons. The van der Waals surface area contributed by atoms with Crippen molar-refractivity contribution in [1.82, 2.24) is 9.97 Å². The quantitative estimate of drug-likeness (QED) is 0.430. The van der Waals surface area contributed by atoms with Crippen molar-refractivity contribution < 1.29 is 32.2 Å². The van der Waals surface area contributed by atoms with Gasteiger partial charge in [0.25, 0.3) is 0 Å². The number of halogens is 3. The molecule has 0 saturated heterocycles. The number of aromatic nitrogens is 2. The third kappa shape index (κ3) is 5.51. The largest absolute Gasteiger partial charge is 0.477 e. The molecule has 31 heavy (non-hydrogen) atoms. The number of alkyl halides is 3. The highest BCUT2D eigenvalue weighted by atomic mass is 19.4. The molecule has 1 aromatic carbocycles. The molecule has 164 valence electrons. The molecular weight excluding hydrogens is 417 g/mol. The molecule has 0 aliphatic carbocycles. The van der Waals surface area contributed by atoms with Gasteiger partial charge in [-0.25, -0.2) is 9.78 Å². The highest BCUT2D eigenvalue weighted by molar-refractivity contribution is 5.99. The second-order valence-electron chi connectivity index (χ2n) is 6.37. The lowest BCUT2D eigenvalue weighted by atomic mass is 10.1. The predicted octanol–water partition coefficient (Wildman–Crippen LogP) is 4.12. The van der Waals surface area contributed by atoms with Crippen molar-refractivity contribution in [2.24, 2.45) is 0 Å². The van der Waals surface area contributed by atoms with Gasteiger partial charge in [0.15, 0.2) is 5.76 Å². The maximum Gasteiger partial charge on any atom is 0.416 e. The summed E-state index contributed by atoms with van der Waals surface area (Å²) in [6, 6.07) is 7.85. The maximum absolute atomic E-state index is 13.0. The normalized spacial score (nSPS) is 11.4. The Hall–Kier alpha value is -3.60. The van der Waals surface area contributed by atoms with Crippen molar-refractivity contribution in [3.05, 3.63) is 59.4 Å². The first kappa shape index (κ1) is 22.1. The van der Waals surface area contributed by atoms with E-state index in [0.717, 1.165) is 12.1 Å². The van der Waals surface area contributed by atoms with Crippen molar-refractivity contribution in [2.45, 2.75) is 12.7 Å². The number of rotatable bonds is 9. The molecule has 11 heteroatoms. The molecule has 0 amide bonds. The van der Waals surface area contributed by atoms with E-state index in [1.54, 1.807) is 12.1 Å². The summed E-state index contributed by atoms with van der Waals surface area (Å²) >= 11 is 0. The van der Waals surface area contributed by atoms with Gasteiger partial charge >= 0.3 is 12.1 Å². The number of ether oxygens (including phenoxy) is 1. The van der Waals surface area contributed by atoms with Crippen LogP contribution in [0.1, 0.15) is 21.5 Å². The van der Waals surface area contributed by atoms with Crippen molar-refractivity contribution in [3.8, 4) is 11.5 Å². The molecule has 0 saturated carbocycles. The van der Waals surface area contributed by atoms with Gasteiger partial charge in [-0.05, 0) is 29.8 Å². The summed E-state index contributed by atoms with van der Waals surface area (Å²) in [5.41, 5.74) is -0.734. The number of carboxylic acid groups (broad SMARTS) is 1. The van der Waals surface area contributed by atoms with E-state index >= 15 is 0 Å². The van der Waals surface area contributed by atoms with Crippen LogP contribution in [0.3, 0.4) is 0 Å². The van der Waals surface area contributed by atoms with Gasteiger partial charge in [-0.3, -0.25) is 0 Å². The number of anilines is 2. The molecule has 3 N–H and O–H groups in total. The molecule has 0 bridgehead atoms. The average Bonchev–Trinajstić information content (AvgIpc) is 3.26. The first-order valence-corrected chi connectivity index (χ1v) is 9.11. The minimum Gasteiger partial charge on any atom is -0.477 e. The molecule has 3 rings (SSSR count). The van der Waals surface area contributed by atoms with Crippen LogP contribution in [0.25, 0.3) is 11.5 Å². The van der Waals surface area contributed by atoms with Gasteiger partial charge in [-0.2, -0.15) is 18.2 Å². The van der Waals surface area contributed by atoms with Crippen LogP contribution < -0.4 is 10.6 Å². The summed E-state index contributed by atoms with van der Waals surface area (Å²) in [4.78, 5) is 20.4. The fourth-order valence-electron chi connectivity index (χ4n) is 2.77. The fraction of sp³-hybridized carbons (Fsp3) is 0.250. The van der Waals surface area contributed by atoms with Crippen molar-refractivity contribution in [3.63, 3.8) is 0 Å². The van der Waals surface area contributed by atoms with Crippen LogP contribution in [-0.2, 0) is 17.5 Å². The number of benzene rings is 1. The van der Waals surface area contributed by atoms with Crippen LogP contribution in [0, 0.1) is 0 Å². The third-order valence-electron chi connectivity index (χ3n) is 4.18. The zero-order valence-corrected chi connectivity index (χ0v) is 16.4.